The van der Waals surface area contributed by atoms with Gasteiger partial charge in [-0.2, -0.15) is 0 Å². The molecular weight excluding hydrogens is 194 g/mol. The smallest absolute Gasteiger partial charge is 0.249 e. The van der Waals surface area contributed by atoms with Crippen molar-refractivity contribution in [1.82, 2.24) is 0 Å². The number of nitrogens with zero attached hydrogens (tertiary/aromatic N) is 1. The van der Waals surface area contributed by atoms with Gasteiger partial charge >= 0.3 is 0 Å². The Morgan fingerprint density at radius 1 is 1.60 bits per heavy atom. The lowest BCUT2D eigenvalue weighted by atomic mass is 9.91. The van der Waals surface area contributed by atoms with Crippen molar-refractivity contribution in [2.75, 3.05) is 7.11 Å². The SMILES string of the molecule is CCCCC1CC(OC)=CC=C1[N+](=O)[O-]. The minimum Gasteiger partial charge on any atom is -0.501 e. The number of hydrogen-bond donors (Lipinski definition) is 0. The zero-order chi connectivity index (χ0) is 11.3. The minimum atomic E-state index is -0.275. The Labute approximate surface area is 89.8 Å². The Morgan fingerprint density at radius 2 is 2.33 bits per heavy atom. The lowest BCUT2D eigenvalue weighted by Gasteiger charge is -2.18. The van der Waals surface area contributed by atoms with Crippen molar-refractivity contribution < 1.29 is 9.66 Å². The van der Waals surface area contributed by atoms with E-state index in [-0.39, 0.29) is 10.8 Å². The predicted molar refractivity (Wildman–Crippen MR) is 57.8 cm³/mol. The molecule has 0 fully saturated rings. The van der Waals surface area contributed by atoms with Crippen LogP contribution in [0, 0.1) is 16.0 Å². The molecule has 0 aromatic rings. The van der Waals surface area contributed by atoms with Crippen LogP contribution >= 0.6 is 0 Å². The van der Waals surface area contributed by atoms with Crippen LogP contribution in [-0.2, 0) is 4.74 Å². The topological polar surface area (TPSA) is 52.4 Å². The summed E-state index contributed by atoms with van der Waals surface area (Å²) in [5.41, 5.74) is 0.323. The van der Waals surface area contributed by atoms with E-state index >= 15 is 0 Å². The van der Waals surface area contributed by atoms with Crippen molar-refractivity contribution in [1.29, 1.82) is 0 Å². The predicted octanol–water partition coefficient (Wildman–Crippen LogP) is 2.89. The third kappa shape index (κ3) is 3.08. The van der Waals surface area contributed by atoms with Gasteiger partial charge in [0.05, 0.1) is 23.7 Å². The Balaban J connectivity index is 2.73. The molecule has 1 aliphatic rings. The molecule has 0 saturated carbocycles. The van der Waals surface area contributed by atoms with Crippen molar-refractivity contribution in [3.05, 3.63) is 33.7 Å². The summed E-state index contributed by atoms with van der Waals surface area (Å²) in [6.45, 7) is 2.09. The van der Waals surface area contributed by atoms with Crippen LogP contribution in [0.4, 0.5) is 0 Å². The molecule has 1 atom stereocenters. The molecule has 0 heterocycles. The molecule has 4 nitrogen and oxygen atoms in total. The summed E-state index contributed by atoms with van der Waals surface area (Å²) in [7, 11) is 1.60. The summed E-state index contributed by atoms with van der Waals surface area (Å²) >= 11 is 0. The lowest BCUT2D eigenvalue weighted by molar-refractivity contribution is -0.434. The van der Waals surface area contributed by atoms with Crippen LogP contribution in [-0.4, -0.2) is 12.0 Å². The summed E-state index contributed by atoms with van der Waals surface area (Å²) in [6.07, 6.45) is 6.87. The van der Waals surface area contributed by atoms with Crippen molar-refractivity contribution >= 4 is 0 Å². The van der Waals surface area contributed by atoms with Gasteiger partial charge in [-0.1, -0.05) is 19.8 Å². The van der Waals surface area contributed by atoms with Gasteiger partial charge in [-0.15, -0.1) is 0 Å². The highest BCUT2D eigenvalue weighted by molar-refractivity contribution is 5.19. The van der Waals surface area contributed by atoms with Crippen molar-refractivity contribution in [2.24, 2.45) is 5.92 Å². The third-order valence-corrected chi connectivity index (χ3v) is 2.68. The second-order valence-corrected chi connectivity index (χ2v) is 3.73. The van der Waals surface area contributed by atoms with Crippen LogP contribution in [0.1, 0.15) is 32.6 Å². The highest BCUT2D eigenvalue weighted by Crippen LogP contribution is 2.29. The molecule has 1 unspecified atom stereocenters. The Kier molecular flexibility index (Phi) is 4.34. The number of rotatable bonds is 5. The molecule has 0 bridgehead atoms. The van der Waals surface area contributed by atoms with E-state index in [4.69, 9.17) is 4.74 Å². The average Bonchev–Trinajstić information content (AvgIpc) is 2.25. The van der Waals surface area contributed by atoms with E-state index in [2.05, 4.69) is 6.92 Å². The van der Waals surface area contributed by atoms with Gasteiger partial charge in [-0.3, -0.25) is 10.1 Å². The maximum atomic E-state index is 10.8. The summed E-state index contributed by atoms with van der Waals surface area (Å²) in [5.74, 6) is 0.849. The van der Waals surface area contributed by atoms with E-state index in [0.29, 0.717) is 12.1 Å². The van der Waals surface area contributed by atoms with Crippen LogP contribution in [0.15, 0.2) is 23.6 Å². The quantitative estimate of drug-likeness (QED) is 0.519. The summed E-state index contributed by atoms with van der Waals surface area (Å²) in [5, 5.41) is 10.8. The molecule has 0 amide bonds. The lowest BCUT2D eigenvalue weighted by Crippen LogP contribution is -2.16. The zero-order valence-corrected chi connectivity index (χ0v) is 9.23. The molecule has 1 rings (SSSR count). The van der Waals surface area contributed by atoms with Gasteiger partial charge in [0.25, 0.3) is 0 Å². The number of methoxy groups -OCH3 is 1. The fourth-order valence-corrected chi connectivity index (χ4v) is 1.79. The molecule has 0 spiro atoms. The fraction of sp³-hybridized carbons (Fsp3) is 0.636. The largest absolute Gasteiger partial charge is 0.501 e. The van der Waals surface area contributed by atoms with Gasteiger partial charge in [0.1, 0.15) is 0 Å². The second kappa shape index (κ2) is 5.53. The van der Waals surface area contributed by atoms with E-state index in [1.165, 1.54) is 0 Å². The summed E-state index contributed by atoms with van der Waals surface area (Å²) in [6, 6.07) is 0. The van der Waals surface area contributed by atoms with E-state index in [9.17, 15) is 10.1 Å². The minimum absolute atomic E-state index is 0.0138. The molecule has 15 heavy (non-hydrogen) atoms. The van der Waals surface area contributed by atoms with E-state index in [1.54, 1.807) is 19.3 Å². The molecule has 0 aliphatic heterocycles. The normalized spacial score (nSPS) is 20.5. The van der Waals surface area contributed by atoms with Gasteiger partial charge in [0.2, 0.25) is 5.70 Å². The highest BCUT2D eigenvalue weighted by Gasteiger charge is 2.27. The first kappa shape index (κ1) is 11.8. The maximum Gasteiger partial charge on any atom is 0.249 e. The molecular formula is C11H17NO3. The molecule has 1 aliphatic carbocycles. The Morgan fingerprint density at radius 3 is 2.87 bits per heavy atom. The van der Waals surface area contributed by atoms with Crippen molar-refractivity contribution in [3.63, 3.8) is 0 Å². The van der Waals surface area contributed by atoms with Crippen LogP contribution in [0.3, 0.4) is 0 Å². The Bertz CT molecular complexity index is 294. The van der Waals surface area contributed by atoms with Crippen LogP contribution in [0.2, 0.25) is 0 Å². The standard InChI is InChI=1S/C11H17NO3/c1-3-4-5-9-8-10(15-2)6-7-11(9)12(13)14/h6-7,9H,3-5,8H2,1-2H3. The summed E-state index contributed by atoms with van der Waals surface area (Å²) < 4.78 is 5.12. The van der Waals surface area contributed by atoms with E-state index < -0.39 is 0 Å². The number of unbranched alkanes of at least 4 members (excludes halogenated alkanes) is 1. The van der Waals surface area contributed by atoms with E-state index in [0.717, 1.165) is 25.0 Å². The average molecular weight is 211 g/mol. The Hall–Kier alpha value is -1.32. The van der Waals surface area contributed by atoms with Gasteiger partial charge in [0, 0.05) is 12.5 Å². The molecule has 84 valence electrons. The maximum absolute atomic E-state index is 10.8. The molecule has 4 heteroatoms. The van der Waals surface area contributed by atoms with E-state index in [1.807, 2.05) is 0 Å². The van der Waals surface area contributed by atoms with Crippen LogP contribution in [0.25, 0.3) is 0 Å². The fourth-order valence-electron chi connectivity index (χ4n) is 1.79. The van der Waals surface area contributed by atoms with Crippen LogP contribution in [0.5, 0.6) is 0 Å². The van der Waals surface area contributed by atoms with Gasteiger partial charge in [-0.05, 0) is 12.5 Å². The van der Waals surface area contributed by atoms with Gasteiger partial charge < -0.3 is 4.74 Å². The van der Waals surface area contributed by atoms with Gasteiger partial charge in [-0.25, -0.2) is 0 Å². The number of hydrogen-bond acceptors (Lipinski definition) is 3. The molecule has 0 aromatic carbocycles. The van der Waals surface area contributed by atoms with Crippen LogP contribution < -0.4 is 0 Å². The summed E-state index contributed by atoms with van der Waals surface area (Å²) in [4.78, 5) is 10.5. The first-order chi connectivity index (χ1) is 7.19. The molecule has 0 radical (unpaired) electrons. The molecule has 0 aromatic heterocycles. The number of allylic oxidation sites excluding steroid dienone is 4. The number of nitro groups is 1. The number of ether oxygens (including phenoxy) is 1. The molecule has 0 saturated heterocycles. The first-order valence-electron chi connectivity index (χ1n) is 5.28. The first-order valence-corrected chi connectivity index (χ1v) is 5.28. The van der Waals surface area contributed by atoms with Crippen molar-refractivity contribution in [3.8, 4) is 0 Å². The van der Waals surface area contributed by atoms with Gasteiger partial charge in [0.15, 0.2) is 0 Å². The zero-order valence-electron chi connectivity index (χ0n) is 9.23. The monoisotopic (exact) mass is 211 g/mol. The second-order valence-electron chi connectivity index (χ2n) is 3.73. The van der Waals surface area contributed by atoms with Crippen molar-refractivity contribution in [2.45, 2.75) is 32.6 Å². The highest BCUT2D eigenvalue weighted by atomic mass is 16.6. The third-order valence-electron chi connectivity index (χ3n) is 2.68. The molecule has 0 N–H and O–H groups in total.